The summed E-state index contributed by atoms with van der Waals surface area (Å²) < 4.78 is 16.7. The van der Waals surface area contributed by atoms with Crippen molar-refractivity contribution in [3.05, 3.63) is 134 Å². The van der Waals surface area contributed by atoms with Gasteiger partial charge in [0.1, 0.15) is 13.2 Å². The molecule has 0 amide bonds. The second-order valence-electron chi connectivity index (χ2n) is 19.1. The Morgan fingerprint density at radius 1 is 0.288 bits per heavy atom. The van der Waals surface area contributed by atoms with Crippen molar-refractivity contribution in [2.45, 2.75) is 258 Å². The van der Waals surface area contributed by atoms with Gasteiger partial charge in [0.2, 0.25) is 0 Å². The van der Waals surface area contributed by atoms with Gasteiger partial charge in [-0.1, -0.05) is 264 Å². The molecule has 0 aliphatic rings. The molecular weight excluding hydrogens is 901 g/mol. The van der Waals surface area contributed by atoms with Gasteiger partial charge >= 0.3 is 17.9 Å². The summed E-state index contributed by atoms with van der Waals surface area (Å²) in [7, 11) is 0. The van der Waals surface area contributed by atoms with Crippen molar-refractivity contribution in [1.82, 2.24) is 0 Å². The zero-order chi connectivity index (χ0) is 52.9. The molecule has 0 saturated carbocycles. The zero-order valence-electron chi connectivity index (χ0n) is 47.1. The molecule has 73 heavy (non-hydrogen) atoms. The molecule has 0 aromatic heterocycles. The molecule has 6 heteroatoms. The Morgan fingerprint density at radius 3 is 0.890 bits per heavy atom. The lowest BCUT2D eigenvalue weighted by molar-refractivity contribution is -0.166. The number of rotatable bonds is 52. The van der Waals surface area contributed by atoms with Gasteiger partial charge in [0.15, 0.2) is 6.10 Å². The van der Waals surface area contributed by atoms with Crippen LogP contribution in [-0.2, 0) is 28.6 Å². The summed E-state index contributed by atoms with van der Waals surface area (Å²) in [6, 6.07) is 0. The molecule has 0 N–H and O–H groups in total. The second-order valence-corrected chi connectivity index (χ2v) is 19.1. The molecule has 0 saturated heterocycles. The Morgan fingerprint density at radius 2 is 0.562 bits per heavy atom. The van der Waals surface area contributed by atoms with E-state index in [1.807, 2.05) is 12.2 Å². The van der Waals surface area contributed by atoms with Crippen LogP contribution in [0.2, 0.25) is 0 Å². The fourth-order valence-electron chi connectivity index (χ4n) is 7.79. The number of carbonyl (C=O) groups excluding carboxylic acids is 3. The van der Waals surface area contributed by atoms with Gasteiger partial charge in [-0.25, -0.2) is 0 Å². The van der Waals surface area contributed by atoms with Gasteiger partial charge in [-0.3, -0.25) is 14.4 Å². The van der Waals surface area contributed by atoms with E-state index in [0.717, 1.165) is 109 Å². The third kappa shape index (κ3) is 58.3. The summed E-state index contributed by atoms with van der Waals surface area (Å²) in [6.07, 6.45) is 85.0. The minimum Gasteiger partial charge on any atom is -0.462 e. The van der Waals surface area contributed by atoms with Crippen LogP contribution in [0.1, 0.15) is 252 Å². The molecule has 0 rings (SSSR count). The van der Waals surface area contributed by atoms with Gasteiger partial charge in [0, 0.05) is 19.3 Å². The first-order valence-electron chi connectivity index (χ1n) is 29.7. The van der Waals surface area contributed by atoms with Gasteiger partial charge in [0.25, 0.3) is 0 Å². The van der Waals surface area contributed by atoms with E-state index in [2.05, 4.69) is 142 Å². The summed E-state index contributed by atoms with van der Waals surface area (Å²) in [4.78, 5) is 37.8. The maximum Gasteiger partial charge on any atom is 0.306 e. The van der Waals surface area contributed by atoms with Crippen LogP contribution in [-0.4, -0.2) is 37.2 Å². The predicted molar refractivity (Wildman–Crippen MR) is 316 cm³/mol. The topological polar surface area (TPSA) is 78.9 Å². The lowest BCUT2D eigenvalue weighted by Gasteiger charge is -2.18. The highest BCUT2D eigenvalue weighted by Gasteiger charge is 2.19. The highest BCUT2D eigenvalue weighted by molar-refractivity contribution is 5.71. The standard InChI is InChI=1S/C67H108O6/c1-4-7-10-13-16-18-20-22-23-24-25-26-27-28-29-30-31-32-33-34-35-36-37-38-39-40-41-42-43-45-46-48-51-54-57-60-66(69)72-63-64(62-71-65(68)59-56-53-50-15-12-9-6-3)73-67(70)61-58-55-52-49-47-44-21-19-17-14-11-8-5-2/h7-8,10-11,16-19,22-23,25-26,28-29,31-32,34-35,44,47,52,55,64H,4-6,9,12-15,20-21,24,27,30,33,36-43,45-46,48-51,53-54,56-63H2,1-3H3/b10-7-,11-8-,18-16-,19-17-,23-22-,26-25-,29-28-,32-31-,35-34-,47-44-,55-52-. The van der Waals surface area contributed by atoms with Crippen molar-refractivity contribution in [3.8, 4) is 0 Å². The molecule has 0 spiro atoms. The summed E-state index contributed by atoms with van der Waals surface area (Å²) in [5.41, 5.74) is 0. The third-order valence-corrected chi connectivity index (χ3v) is 12.2. The number of unbranched alkanes of at least 4 members (excludes halogenated alkanes) is 19. The van der Waals surface area contributed by atoms with E-state index in [1.165, 1.54) is 96.3 Å². The molecule has 6 nitrogen and oxygen atoms in total. The van der Waals surface area contributed by atoms with Gasteiger partial charge in [-0.2, -0.15) is 0 Å². The molecule has 0 heterocycles. The maximum absolute atomic E-state index is 12.7. The SMILES string of the molecule is CC/C=C\C/C=C\C/C=C\C/C=C\C/C=C\C/C=C\C/C=C\CCCCCCCCCCCCCCCC(=O)OCC(COC(=O)CCCCCCCCC)OC(=O)CC/C=C\C/C=C\C/C=C\C/C=C\CC. The molecule has 0 radical (unpaired) electrons. The Kier molecular flexibility index (Phi) is 56.4. The number of allylic oxidation sites excluding steroid dienone is 22. The van der Waals surface area contributed by atoms with Crippen molar-refractivity contribution in [2.24, 2.45) is 0 Å². The fourth-order valence-corrected chi connectivity index (χ4v) is 7.79. The summed E-state index contributed by atoms with van der Waals surface area (Å²) >= 11 is 0. The van der Waals surface area contributed by atoms with Gasteiger partial charge in [0.05, 0.1) is 0 Å². The first kappa shape index (κ1) is 68.6. The molecule has 0 aromatic rings. The quantitative estimate of drug-likeness (QED) is 0.0261. The van der Waals surface area contributed by atoms with Crippen LogP contribution in [0, 0.1) is 0 Å². The van der Waals surface area contributed by atoms with Crippen molar-refractivity contribution in [3.63, 3.8) is 0 Å². The minimum absolute atomic E-state index is 0.108. The van der Waals surface area contributed by atoms with Gasteiger partial charge in [-0.15, -0.1) is 0 Å². The molecule has 0 bridgehead atoms. The van der Waals surface area contributed by atoms with Crippen LogP contribution in [0.4, 0.5) is 0 Å². The molecule has 0 aliphatic carbocycles. The molecule has 0 aromatic carbocycles. The van der Waals surface area contributed by atoms with E-state index in [4.69, 9.17) is 14.2 Å². The smallest absolute Gasteiger partial charge is 0.306 e. The van der Waals surface area contributed by atoms with Crippen LogP contribution in [0.25, 0.3) is 0 Å². The number of hydrogen-bond donors (Lipinski definition) is 0. The second kappa shape index (κ2) is 60.1. The third-order valence-electron chi connectivity index (χ3n) is 12.2. The van der Waals surface area contributed by atoms with E-state index < -0.39 is 12.1 Å². The monoisotopic (exact) mass is 1010 g/mol. The summed E-state index contributed by atoms with van der Waals surface area (Å²) in [6.45, 7) is 6.29. The number of esters is 3. The van der Waals surface area contributed by atoms with Crippen LogP contribution in [0.3, 0.4) is 0 Å². The molecule has 1 atom stereocenters. The minimum atomic E-state index is -0.815. The van der Waals surface area contributed by atoms with Crippen LogP contribution in [0.15, 0.2) is 134 Å². The highest BCUT2D eigenvalue weighted by Crippen LogP contribution is 2.15. The van der Waals surface area contributed by atoms with Crippen molar-refractivity contribution < 1.29 is 28.6 Å². The average Bonchev–Trinajstić information content (AvgIpc) is 3.39. The predicted octanol–water partition coefficient (Wildman–Crippen LogP) is 20.2. The van der Waals surface area contributed by atoms with E-state index in [0.29, 0.717) is 19.3 Å². The maximum atomic E-state index is 12.7. The number of ether oxygens (including phenoxy) is 3. The molecule has 0 fully saturated rings. The Hall–Kier alpha value is -4.45. The van der Waals surface area contributed by atoms with E-state index in [9.17, 15) is 14.4 Å². The highest BCUT2D eigenvalue weighted by atomic mass is 16.6. The lowest BCUT2D eigenvalue weighted by atomic mass is 10.0. The van der Waals surface area contributed by atoms with Crippen molar-refractivity contribution in [1.29, 1.82) is 0 Å². The first-order valence-corrected chi connectivity index (χ1v) is 29.7. The van der Waals surface area contributed by atoms with E-state index >= 15 is 0 Å². The molecule has 1 unspecified atom stereocenters. The zero-order valence-corrected chi connectivity index (χ0v) is 47.1. The largest absolute Gasteiger partial charge is 0.462 e. The van der Waals surface area contributed by atoms with E-state index in [-0.39, 0.29) is 31.6 Å². The van der Waals surface area contributed by atoms with Crippen LogP contribution >= 0.6 is 0 Å². The van der Waals surface area contributed by atoms with Crippen LogP contribution < -0.4 is 0 Å². The van der Waals surface area contributed by atoms with Gasteiger partial charge < -0.3 is 14.2 Å². The van der Waals surface area contributed by atoms with Crippen molar-refractivity contribution in [2.75, 3.05) is 13.2 Å². The lowest BCUT2D eigenvalue weighted by Crippen LogP contribution is -2.30. The van der Waals surface area contributed by atoms with Crippen LogP contribution in [0.5, 0.6) is 0 Å². The number of carbonyl (C=O) groups is 3. The average molecular weight is 1010 g/mol. The van der Waals surface area contributed by atoms with E-state index in [1.54, 1.807) is 0 Å². The first-order chi connectivity index (χ1) is 36.0. The normalized spacial score (nSPS) is 13.1. The fraction of sp³-hybridized carbons (Fsp3) is 0.627. The molecule has 0 aliphatic heterocycles. The molecular formula is C67H108O6. The molecule has 412 valence electrons. The summed E-state index contributed by atoms with van der Waals surface area (Å²) in [5.74, 6) is -1.00. The van der Waals surface area contributed by atoms with Gasteiger partial charge in [-0.05, 0) is 103 Å². The number of hydrogen-bond acceptors (Lipinski definition) is 6. The Bertz CT molecular complexity index is 1580. The summed E-state index contributed by atoms with van der Waals surface area (Å²) in [5, 5.41) is 0. The Balaban J connectivity index is 4.07. The Labute approximate surface area is 449 Å². The van der Waals surface area contributed by atoms with Crippen molar-refractivity contribution >= 4 is 17.9 Å².